The fourth-order valence-electron chi connectivity index (χ4n) is 1.15. The summed E-state index contributed by atoms with van der Waals surface area (Å²) in [5.41, 5.74) is 0. The molecule has 0 aromatic rings. The van der Waals surface area contributed by atoms with Crippen molar-refractivity contribution in [3.63, 3.8) is 0 Å². The maximum Gasteiger partial charge on any atom is 0.326 e. The third-order valence-electron chi connectivity index (χ3n) is 2.18. The zero-order valence-corrected chi connectivity index (χ0v) is 9.69. The third-order valence-corrected chi connectivity index (χ3v) is 2.18. The van der Waals surface area contributed by atoms with Gasteiger partial charge in [0.05, 0.1) is 0 Å². The van der Waals surface area contributed by atoms with Crippen LogP contribution in [-0.2, 0) is 9.59 Å². The molecule has 0 aliphatic rings. The molecule has 0 heterocycles. The lowest BCUT2D eigenvalue weighted by Gasteiger charge is -2.17. The number of aliphatic hydroxyl groups excluding tert-OH is 1. The van der Waals surface area contributed by atoms with Crippen LogP contribution in [0.25, 0.3) is 0 Å². The Morgan fingerprint density at radius 1 is 1.38 bits per heavy atom. The molecule has 0 saturated carbocycles. The SMILES string of the molecule is CCNCC(C)C(=O)N[C@@H](CCO)C(=O)O. The van der Waals surface area contributed by atoms with Crippen LogP contribution in [0.2, 0.25) is 0 Å². The van der Waals surface area contributed by atoms with Gasteiger partial charge in [0.1, 0.15) is 6.04 Å². The second-order valence-corrected chi connectivity index (χ2v) is 3.62. The first-order chi connectivity index (χ1) is 7.52. The molecule has 0 aromatic heterocycles. The molecule has 94 valence electrons. The van der Waals surface area contributed by atoms with E-state index in [2.05, 4.69) is 10.6 Å². The van der Waals surface area contributed by atoms with Gasteiger partial charge in [-0.2, -0.15) is 0 Å². The Balaban J connectivity index is 4.12. The first-order valence-corrected chi connectivity index (χ1v) is 5.37. The molecule has 0 aliphatic carbocycles. The van der Waals surface area contributed by atoms with Crippen LogP contribution in [0.5, 0.6) is 0 Å². The van der Waals surface area contributed by atoms with Gasteiger partial charge < -0.3 is 20.8 Å². The van der Waals surface area contributed by atoms with Gasteiger partial charge in [0.15, 0.2) is 0 Å². The molecule has 0 spiro atoms. The number of carboxylic acids is 1. The molecule has 0 radical (unpaired) electrons. The first-order valence-electron chi connectivity index (χ1n) is 5.37. The lowest BCUT2D eigenvalue weighted by Crippen LogP contribution is -2.45. The van der Waals surface area contributed by atoms with Gasteiger partial charge in [-0.1, -0.05) is 13.8 Å². The first kappa shape index (κ1) is 14.9. The minimum Gasteiger partial charge on any atom is -0.480 e. The van der Waals surface area contributed by atoms with Gasteiger partial charge >= 0.3 is 5.97 Å². The van der Waals surface area contributed by atoms with E-state index in [0.717, 1.165) is 6.54 Å². The van der Waals surface area contributed by atoms with Gasteiger partial charge in [0, 0.05) is 25.5 Å². The average molecular weight is 232 g/mol. The number of aliphatic carboxylic acids is 1. The van der Waals surface area contributed by atoms with E-state index in [1.807, 2.05) is 6.92 Å². The number of rotatable bonds is 8. The van der Waals surface area contributed by atoms with E-state index >= 15 is 0 Å². The Morgan fingerprint density at radius 2 is 2.00 bits per heavy atom. The van der Waals surface area contributed by atoms with Gasteiger partial charge in [-0.3, -0.25) is 4.79 Å². The van der Waals surface area contributed by atoms with Crippen LogP contribution in [0.4, 0.5) is 0 Å². The number of nitrogens with one attached hydrogen (secondary N) is 2. The highest BCUT2D eigenvalue weighted by atomic mass is 16.4. The molecule has 1 unspecified atom stereocenters. The van der Waals surface area contributed by atoms with Crippen molar-refractivity contribution >= 4 is 11.9 Å². The summed E-state index contributed by atoms with van der Waals surface area (Å²) in [6.07, 6.45) is 0.0228. The maximum absolute atomic E-state index is 11.5. The van der Waals surface area contributed by atoms with Crippen LogP contribution in [-0.4, -0.2) is 47.8 Å². The van der Waals surface area contributed by atoms with Crippen LogP contribution in [0.3, 0.4) is 0 Å². The molecule has 0 rings (SSSR count). The predicted molar refractivity (Wildman–Crippen MR) is 59.0 cm³/mol. The normalized spacial score (nSPS) is 14.2. The zero-order valence-electron chi connectivity index (χ0n) is 9.69. The number of hydrogen-bond acceptors (Lipinski definition) is 4. The molecule has 1 amide bonds. The highest BCUT2D eigenvalue weighted by molar-refractivity contribution is 5.84. The molecule has 6 heteroatoms. The van der Waals surface area contributed by atoms with E-state index in [1.54, 1.807) is 6.92 Å². The summed E-state index contributed by atoms with van der Waals surface area (Å²) >= 11 is 0. The Labute approximate surface area is 95.0 Å². The number of carboxylic acid groups (broad SMARTS) is 1. The Hall–Kier alpha value is -1.14. The Bertz CT molecular complexity index is 233. The van der Waals surface area contributed by atoms with Crippen molar-refractivity contribution in [2.45, 2.75) is 26.3 Å². The lowest BCUT2D eigenvalue weighted by molar-refractivity contribution is -0.142. The molecule has 0 fully saturated rings. The fourth-order valence-corrected chi connectivity index (χ4v) is 1.15. The van der Waals surface area contributed by atoms with Crippen molar-refractivity contribution in [1.82, 2.24) is 10.6 Å². The summed E-state index contributed by atoms with van der Waals surface area (Å²) < 4.78 is 0. The highest BCUT2D eigenvalue weighted by Crippen LogP contribution is 1.97. The molecule has 0 aliphatic heterocycles. The molecule has 0 saturated heterocycles. The second-order valence-electron chi connectivity index (χ2n) is 3.62. The summed E-state index contributed by atoms with van der Waals surface area (Å²) in [4.78, 5) is 22.3. The van der Waals surface area contributed by atoms with E-state index in [0.29, 0.717) is 6.54 Å². The molecule has 2 atom stereocenters. The highest BCUT2D eigenvalue weighted by Gasteiger charge is 2.21. The summed E-state index contributed by atoms with van der Waals surface area (Å²) in [5.74, 6) is -1.74. The lowest BCUT2D eigenvalue weighted by atomic mass is 10.1. The van der Waals surface area contributed by atoms with Crippen molar-refractivity contribution in [2.75, 3.05) is 19.7 Å². The smallest absolute Gasteiger partial charge is 0.326 e. The molecule has 16 heavy (non-hydrogen) atoms. The number of aliphatic hydroxyl groups is 1. The van der Waals surface area contributed by atoms with Crippen molar-refractivity contribution < 1.29 is 19.8 Å². The minimum absolute atomic E-state index is 0.0228. The largest absolute Gasteiger partial charge is 0.480 e. The van der Waals surface area contributed by atoms with Crippen LogP contribution >= 0.6 is 0 Å². The fraction of sp³-hybridized carbons (Fsp3) is 0.800. The topological polar surface area (TPSA) is 98.7 Å². The van der Waals surface area contributed by atoms with E-state index in [1.165, 1.54) is 0 Å². The van der Waals surface area contributed by atoms with Crippen molar-refractivity contribution in [1.29, 1.82) is 0 Å². The quantitative estimate of drug-likeness (QED) is 0.438. The number of carbonyl (C=O) groups is 2. The number of hydrogen-bond donors (Lipinski definition) is 4. The summed E-state index contributed by atoms with van der Waals surface area (Å²) in [7, 11) is 0. The maximum atomic E-state index is 11.5. The molecular weight excluding hydrogens is 212 g/mol. The van der Waals surface area contributed by atoms with Gasteiger partial charge in [-0.15, -0.1) is 0 Å². The summed E-state index contributed by atoms with van der Waals surface area (Å²) in [5, 5.41) is 22.8. The average Bonchev–Trinajstić information content (AvgIpc) is 2.24. The van der Waals surface area contributed by atoms with Crippen LogP contribution in [0, 0.1) is 5.92 Å². The van der Waals surface area contributed by atoms with Gasteiger partial charge in [0.2, 0.25) is 5.91 Å². The minimum atomic E-state index is -1.13. The number of carbonyl (C=O) groups excluding carboxylic acids is 1. The van der Waals surface area contributed by atoms with Crippen molar-refractivity contribution in [2.24, 2.45) is 5.92 Å². The standard InChI is InChI=1S/C10H20N2O4/c1-3-11-6-7(2)9(14)12-8(4-5-13)10(15)16/h7-8,11,13H,3-6H2,1-2H3,(H,12,14)(H,15,16)/t7?,8-/m0/s1. The molecule has 6 nitrogen and oxygen atoms in total. The summed E-state index contributed by atoms with van der Waals surface area (Å²) in [6.45, 7) is 4.65. The zero-order chi connectivity index (χ0) is 12.6. The van der Waals surface area contributed by atoms with E-state index < -0.39 is 12.0 Å². The molecule has 4 N–H and O–H groups in total. The van der Waals surface area contributed by atoms with Crippen LogP contribution in [0.15, 0.2) is 0 Å². The molecule has 0 aromatic carbocycles. The van der Waals surface area contributed by atoms with E-state index in [4.69, 9.17) is 10.2 Å². The molecule has 0 bridgehead atoms. The molecular formula is C10H20N2O4. The predicted octanol–water partition coefficient (Wildman–Crippen LogP) is -0.816. The Kier molecular flexibility index (Phi) is 7.49. The van der Waals surface area contributed by atoms with Gasteiger partial charge in [-0.25, -0.2) is 4.79 Å². The number of amides is 1. The monoisotopic (exact) mass is 232 g/mol. The third kappa shape index (κ3) is 5.67. The van der Waals surface area contributed by atoms with Gasteiger partial charge in [0.25, 0.3) is 0 Å². The van der Waals surface area contributed by atoms with Crippen LogP contribution < -0.4 is 10.6 Å². The van der Waals surface area contributed by atoms with Crippen LogP contribution in [0.1, 0.15) is 20.3 Å². The Morgan fingerprint density at radius 3 is 2.44 bits per heavy atom. The van der Waals surface area contributed by atoms with Crippen molar-refractivity contribution in [3.8, 4) is 0 Å². The van der Waals surface area contributed by atoms with E-state index in [9.17, 15) is 9.59 Å². The van der Waals surface area contributed by atoms with Gasteiger partial charge in [-0.05, 0) is 6.54 Å². The van der Waals surface area contributed by atoms with Crippen molar-refractivity contribution in [3.05, 3.63) is 0 Å². The summed E-state index contributed by atoms with van der Waals surface area (Å²) in [6, 6.07) is -1.01. The van der Waals surface area contributed by atoms with E-state index in [-0.39, 0.29) is 24.9 Å². The second kappa shape index (κ2) is 8.06.